The van der Waals surface area contributed by atoms with Gasteiger partial charge in [0.15, 0.2) is 0 Å². The molecule has 0 fully saturated rings. The van der Waals surface area contributed by atoms with Crippen LogP contribution >= 0.6 is 22.9 Å². The van der Waals surface area contributed by atoms with Crippen molar-refractivity contribution in [2.45, 2.75) is 25.7 Å². The third-order valence-corrected chi connectivity index (χ3v) is 5.48. The summed E-state index contributed by atoms with van der Waals surface area (Å²) < 4.78 is 0. The summed E-state index contributed by atoms with van der Waals surface area (Å²) in [5, 5.41) is 10.6. The smallest absolute Gasteiger partial charge is 0.222 e. The summed E-state index contributed by atoms with van der Waals surface area (Å²) in [5.74, 6) is -0.521. The molecule has 2 aromatic heterocycles. The van der Waals surface area contributed by atoms with Crippen molar-refractivity contribution in [2.75, 3.05) is 0 Å². The van der Waals surface area contributed by atoms with Crippen LogP contribution in [0.1, 0.15) is 32.8 Å². The van der Waals surface area contributed by atoms with E-state index in [-0.39, 0.29) is 5.28 Å². The third-order valence-electron chi connectivity index (χ3n) is 4.13. The Morgan fingerprint density at radius 2 is 2.04 bits per heavy atom. The van der Waals surface area contributed by atoms with E-state index in [1.54, 1.807) is 17.4 Å². The number of hydrogen-bond acceptors (Lipinski definition) is 5. The molecule has 24 heavy (non-hydrogen) atoms. The van der Waals surface area contributed by atoms with Crippen molar-refractivity contribution in [3.8, 4) is 17.3 Å². The van der Waals surface area contributed by atoms with Crippen LogP contribution in [0.3, 0.4) is 0 Å². The lowest BCUT2D eigenvalue weighted by atomic mass is 9.94. The summed E-state index contributed by atoms with van der Waals surface area (Å²) in [4.78, 5) is 14.3. The van der Waals surface area contributed by atoms with Crippen LogP contribution in [0, 0.1) is 18.3 Å². The molecular formula is C18H13ClN4S. The highest BCUT2D eigenvalue weighted by Crippen LogP contribution is 2.39. The van der Waals surface area contributed by atoms with Gasteiger partial charge in [0.1, 0.15) is 10.9 Å². The summed E-state index contributed by atoms with van der Waals surface area (Å²) >= 11 is 7.56. The summed E-state index contributed by atoms with van der Waals surface area (Å²) in [5.41, 5.74) is 4.85. The van der Waals surface area contributed by atoms with Gasteiger partial charge in [-0.15, -0.1) is 11.3 Å². The Morgan fingerprint density at radius 1 is 1.21 bits per heavy atom. The number of fused-ring (bicyclic) bond motifs is 3. The third kappa shape index (κ3) is 2.58. The predicted octanol–water partition coefficient (Wildman–Crippen LogP) is 4.32. The summed E-state index contributed by atoms with van der Waals surface area (Å²) in [6.45, 7) is 1.84. The van der Waals surface area contributed by atoms with Crippen LogP contribution in [0.15, 0.2) is 30.3 Å². The number of halogens is 1. The number of thiazole rings is 1. The second kappa shape index (κ2) is 5.97. The largest absolute Gasteiger partial charge is 0.239 e. The van der Waals surface area contributed by atoms with E-state index in [1.165, 1.54) is 16.0 Å². The van der Waals surface area contributed by atoms with E-state index < -0.39 is 5.92 Å². The Bertz CT molecular complexity index is 953. The van der Waals surface area contributed by atoms with Crippen molar-refractivity contribution in [2.24, 2.45) is 0 Å². The van der Waals surface area contributed by atoms with Gasteiger partial charge in [0.25, 0.3) is 0 Å². The predicted molar refractivity (Wildman–Crippen MR) is 94.2 cm³/mol. The van der Waals surface area contributed by atoms with Crippen molar-refractivity contribution in [1.82, 2.24) is 15.0 Å². The summed E-state index contributed by atoms with van der Waals surface area (Å²) in [6.07, 6.45) is 1.98. The van der Waals surface area contributed by atoms with E-state index in [9.17, 15) is 5.26 Å². The highest BCUT2D eigenvalue weighted by Gasteiger charge is 2.26. The molecule has 1 atom stereocenters. The van der Waals surface area contributed by atoms with E-state index in [4.69, 9.17) is 16.6 Å². The van der Waals surface area contributed by atoms with Crippen molar-refractivity contribution in [1.29, 1.82) is 5.26 Å². The van der Waals surface area contributed by atoms with Crippen LogP contribution in [0.4, 0.5) is 0 Å². The molecule has 2 heterocycles. The van der Waals surface area contributed by atoms with Crippen LogP contribution in [0.2, 0.25) is 5.28 Å². The van der Waals surface area contributed by atoms with Crippen LogP contribution in [0.25, 0.3) is 11.3 Å². The number of rotatable bonds is 2. The molecule has 0 amide bonds. The van der Waals surface area contributed by atoms with Gasteiger partial charge < -0.3 is 0 Å². The molecule has 0 radical (unpaired) electrons. The number of nitriles is 1. The second-order valence-corrected chi connectivity index (χ2v) is 7.20. The summed E-state index contributed by atoms with van der Waals surface area (Å²) in [7, 11) is 0. The van der Waals surface area contributed by atoms with Crippen LogP contribution in [-0.2, 0) is 12.8 Å². The Balaban J connectivity index is 1.81. The highest BCUT2D eigenvalue weighted by molar-refractivity contribution is 7.12. The standard InChI is InChI=1S/C18H13ClN4S/c1-10-8-14(22-18(19)21-10)13(9-20)17-23-16-12-5-3-2-4-11(12)6-7-15(16)24-17/h2-5,8,13H,6-7H2,1H3. The maximum Gasteiger partial charge on any atom is 0.222 e. The molecule has 1 aliphatic rings. The first-order chi connectivity index (χ1) is 11.7. The van der Waals surface area contributed by atoms with Gasteiger partial charge in [0, 0.05) is 16.1 Å². The fraction of sp³-hybridized carbons (Fsp3) is 0.222. The lowest BCUT2D eigenvalue weighted by molar-refractivity contribution is 0.914. The minimum absolute atomic E-state index is 0.164. The fourth-order valence-electron chi connectivity index (χ4n) is 3.04. The zero-order valence-corrected chi connectivity index (χ0v) is 14.5. The molecule has 1 aromatic carbocycles. The molecule has 4 nitrogen and oxygen atoms in total. The van der Waals surface area contributed by atoms with Crippen molar-refractivity contribution in [3.05, 3.63) is 62.5 Å². The van der Waals surface area contributed by atoms with Crippen molar-refractivity contribution >= 4 is 22.9 Å². The molecule has 118 valence electrons. The van der Waals surface area contributed by atoms with Crippen LogP contribution < -0.4 is 0 Å². The highest BCUT2D eigenvalue weighted by atomic mass is 35.5. The van der Waals surface area contributed by atoms with Gasteiger partial charge >= 0.3 is 0 Å². The maximum absolute atomic E-state index is 9.68. The van der Waals surface area contributed by atoms with Gasteiger partial charge in [-0.05, 0) is 43.0 Å². The Hall–Kier alpha value is -2.29. The molecule has 0 spiro atoms. The average molecular weight is 353 g/mol. The second-order valence-electron chi connectivity index (χ2n) is 5.75. The van der Waals surface area contributed by atoms with Gasteiger partial charge in [-0.25, -0.2) is 15.0 Å². The number of nitrogens with zero attached hydrogens (tertiary/aromatic N) is 4. The van der Waals surface area contributed by atoms with Crippen LogP contribution in [-0.4, -0.2) is 15.0 Å². The first kappa shape index (κ1) is 15.3. The number of benzene rings is 1. The van der Waals surface area contributed by atoms with Crippen molar-refractivity contribution in [3.63, 3.8) is 0 Å². The lowest BCUT2D eigenvalue weighted by Gasteiger charge is -2.13. The SMILES string of the molecule is Cc1cc(C(C#N)c2nc3c(s2)CCc2ccccc2-3)nc(Cl)n1. The molecule has 0 aliphatic heterocycles. The van der Waals surface area contributed by atoms with Gasteiger partial charge in [0.2, 0.25) is 5.28 Å². The summed E-state index contributed by atoms with van der Waals surface area (Å²) in [6, 6.07) is 12.5. The number of aromatic nitrogens is 3. The molecule has 1 unspecified atom stereocenters. The molecule has 0 saturated carbocycles. The van der Waals surface area contributed by atoms with Crippen LogP contribution in [0.5, 0.6) is 0 Å². The lowest BCUT2D eigenvalue weighted by Crippen LogP contribution is -2.03. The van der Waals surface area contributed by atoms with Gasteiger partial charge in [0.05, 0.1) is 17.5 Å². The molecule has 0 saturated heterocycles. The first-order valence-corrected chi connectivity index (χ1v) is 8.83. The zero-order valence-electron chi connectivity index (χ0n) is 13.0. The molecule has 4 rings (SSSR count). The van der Waals surface area contributed by atoms with E-state index in [1.807, 2.05) is 13.0 Å². The molecule has 0 N–H and O–H groups in total. The Labute approximate surface area is 148 Å². The Morgan fingerprint density at radius 3 is 2.83 bits per heavy atom. The Kier molecular flexibility index (Phi) is 3.79. The van der Waals surface area contributed by atoms with E-state index in [0.717, 1.165) is 29.2 Å². The molecular weight excluding hydrogens is 340 g/mol. The zero-order chi connectivity index (χ0) is 16.7. The molecule has 1 aliphatic carbocycles. The van der Waals surface area contributed by atoms with Gasteiger partial charge in [-0.1, -0.05) is 24.3 Å². The maximum atomic E-state index is 9.68. The molecule has 6 heteroatoms. The molecule has 3 aromatic rings. The molecule has 0 bridgehead atoms. The minimum atomic E-state index is -0.521. The first-order valence-electron chi connectivity index (χ1n) is 7.64. The van der Waals surface area contributed by atoms with Gasteiger partial charge in [-0.2, -0.15) is 5.26 Å². The van der Waals surface area contributed by atoms with E-state index in [2.05, 4.69) is 34.2 Å². The van der Waals surface area contributed by atoms with Gasteiger partial charge in [-0.3, -0.25) is 0 Å². The number of aryl methyl sites for hydroxylation is 3. The minimum Gasteiger partial charge on any atom is -0.239 e. The monoisotopic (exact) mass is 352 g/mol. The average Bonchev–Trinajstić information content (AvgIpc) is 2.99. The van der Waals surface area contributed by atoms with E-state index >= 15 is 0 Å². The van der Waals surface area contributed by atoms with Crippen molar-refractivity contribution < 1.29 is 0 Å². The normalized spacial score (nSPS) is 13.7. The fourth-order valence-corrected chi connectivity index (χ4v) is 4.41. The quantitative estimate of drug-likeness (QED) is 0.644. The van der Waals surface area contributed by atoms with E-state index in [0.29, 0.717) is 5.69 Å². The number of hydrogen-bond donors (Lipinski definition) is 0. The topological polar surface area (TPSA) is 62.5 Å².